The van der Waals surface area contributed by atoms with Crippen molar-refractivity contribution in [2.24, 2.45) is 0 Å². The summed E-state index contributed by atoms with van der Waals surface area (Å²) in [5.41, 5.74) is 2.39. The zero-order chi connectivity index (χ0) is 19.3. The fourth-order valence-electron chi connectivity index (χ4n) is 3.50. The number of hydrogen-bond acceptors (Lipinski definition) is 5. The number of hydrogen-bond donors (Lipinski definition) is 0. The quantitative estimate of drug-likeness (QED) is 0.691. The Morgan fingerprint density at radius 3 is 2.46 bits per heavy atom. The van der Waals surface area contributed by atoms with E-state index in [2.05, 4.69) is 15.0 Å². The Kier molecular flexibility index (Phi) is 5.28. The van der Waals surface area contributed by atoms with Crippen LogP contribution in [0, 0.1) is 6.92 Å². The van der Waals surface area contributed by atoms with E-state index in [9.17, 15) is 4.79 Å². The third-order valence-electron chi connectivity index (χ3n) is 5.05. The van der Waals surface area contributed by atoms with Crippen LogP contribution in [0.2, 0.25) is 0 Å². The van der Waals surface area contributed by atoms with Crippen molar-refractivity contribution in [1.29, 1.82) is 0 Å². The van der Waals surface area contributed by atoms with Crippen LogP contribution in [0.3, 0.4) is 0 Å². The average Bonchev–Trinajstić information content (AvgIpc) is 2.76. The first-order chi connectivity index (χ1) is 13.7. The molecule has 1 fully saturated rings. The molecule has 0 unspecified atom stereocenters. The highest BCUT2D eigenvalue weighted by Gasteiger charge is 2.28. The van der Waals surface area contributed by atoms with E-state index < -0.39 is 0 Å². The second-order valence-electron chi connectivity index (χ2n) is 6.87. The van der Waals surface area contributed by atoms with Crippen LogP contribution in [-0.4, -0.2) is 38.8 Å². The van der Waals surface area contributed by atoms with E-state index in [1.54, 1.807) is 18.6 Å². The molecule has 1 saturated heterocycles. The molecule has 28 heavy (non-hydrogen) atoms. The molecule has 1 aliphatic rings. The van der Waals surface area contributed by atoms with Crippen LogP contribution in [0.1, 0.15) is 40.5 Å². The van der Waals surface area contributed by atoms with Gasteiger partial charge in [0.05, 0.1) is 5.69 Å². The summed E-state index contributed by atoms with van der Waals surface area (Å²) in [5.74, 6) is 1.49. The number of benzene rings is 1. The summed E-state index contributed by atoms with van der Waals surface area (Å²) in [6.07, 6.45) is 6.73. The van der Waals surface area contributed by atoms with Crippen LogP contribution in [0.15, 0.2) is 61.1 Å². The van der Waals surface area contributed by atoms with Crippen molar-refractivity contribution in [2.45, 2.75) is 25.7 Å². The molecule has 6 heteroatoms. The molecule has 3 heterocycles. The number of aryl methyl sites for hydroxylation is 1. The molecular weight excluding hydrogens is 352 g/mol. The Bertz CT molecular complexity index is 954. The molecular formula is C22H22N4O2. The van der Waals surface area contributed by atoms with Crippen molar-refractivity contribution in [3.8, 4) is 11.6 Å². The topological polar surface area (TPSA) is 68.2 Å². The van der Waals surface area contributed by atoms with Crippen molar-refractivity contribution >= 4 is 5.91 Å². The van der Waals surface area contributed by atoms with Gasteiger partial charge in [-0.15, -0.1) is 0 Å². The number of amides is 1. The van der Waals surface area contributed by atoms with Gasteiger partial charge < -0.3 is 9.64 Å². The summed E-state index contributed by atoms with van der Waals surface area (Å²) in [5, 5.41) is 0. The highest BCUT2D eigenvalue weighted by molar-refractivity contribution is 5.94. The Morgan fingerprint density at radius 2 is 1.71 bits per heavy atom. The molecule has 0 saturated carbocycles. The molecule has 4 rings (SSSR count). The zero-order valence-electron chi connectivity index (χ0n) is 15.8. The third kappa shape index (κ3) is 3.86. The molecule has 1 aromatic carbocycles. The number of carbonyl (C=O) groups excluding carboxylic acids is 1. The molecule has 1 aliphatic heterocycles. The van der Waals surface area contributed by atoms with Crippen LogP contribution >= 0.6 is 0 Å². The van der Waals surface area contributed by atoms with Crippen molar-refractivity contribution in [1.82, 2.24) is 19.9 Å². The molecule has 0 radical (unpaired) electrons. The molecule has 0 bridgehead atoms. The van der Waals surface area contributed by atoms with Crippen molar-refractivity contribution in [2.75, 3.05) is 13.1 Å². The fourth-order valence-corrected chi connectivity index (χ4v) is 3.50. The summed E-state index contributed by atoms with van der Waals surface area (Å²) < 4.78 is 6.02. The standard InChI is InChI=1S/C22H22N4O2/c1-16-19(8-5-11-23-16)28-21-20(24-12-13-25-21)17-9-14-26(15-10-17)22(27)18-6-3-2-4-7-18/h2-8,11-13,17H,9-10,14-15H2,1H3. The maximum Gasteiger partial charge on any atom is 0.253 e. The first-order valence-electron chi connectivity index (χ1n) is 9.47. The minimum Gasteiger partial charge on any atom is -0.435 e. The lowest BCUT2D eigenvalue weighted by atomic mass is 9.93. The molecule has 0 aliphatic carbocycles. The second kappa shape index (κ2) is 8.17. The van der Waals surface area contributed by atoms with Gasteiger partial charge in [-0.1, -0.05) is 18.2 Å². The van der Waals surface area contributed by atoms with Gasteiger partial charge in [-0.25, -0.2) is 4.98 Å². The monoisotopic (exact) mass is 374 g/mol. The molecule has 1 amide bonds. The summed E-state index contributed by atoms with van der Waals surface area (Å²) >= 11 is 0. The van der Waals surface area contributed by atoms with E-state index in [1.165, 1.54) is 0 Å². The van der Waals surface area contributed by atoms with Crippen molar-refractivity contribution < 1.29 is 9.53 Å². The Hall–Kier alpha value is -3.28. The van der Waals surface area contributed by atoms with Gasteiger partial charge in [-0.05, 0) is 44.0 Å². The number of likely N-dealkylation sites (tertiary alicyclic amines) is 1. The number of nitrogens with zero attached hydrogens (tertiary/aromatic N) is 4. The fraction of sp³-hybridized carbons (Fsp3) is 0.273. The van der Waals surface area contributed by atoms with Crippen molar-refractivity contribution in [3.63, 3.8) is 0 Å². The van der Waals surface area contributed by atoms with E-state index >= 15 is 0 Å². The highest BCUT2D eigenvalue weighted by atomic mass is 16.5. The Balaban J connectivity index is 1.47. The maximum absolute atomic E-state index is 12.7. The van der Waals surface area contributed by atoms with E-state index in [1.807, 2.05) is 54.3 Å². The van der Waals surface area contributed by atoms with Crippen LogP contribution < -0.4 is 4.74 Å². The Labute approximate surface area is 164 Å². The molecule has 0 N–H and O–H groups in total. The number of piperidine rings is 1. The third-order valence-corrected chi connectivity index (χ3v) is 5.05. The van der Waals surface area contributed by atoms with Gasteiger partial charge in [-0.3, -0.25) is 14.8 Å². The highest BCUT2D eigenvalue weighted by Crippen LogP contribution is 2.34. The first kappa shape index (κ1) is 18.1. The number of carbonyl (C=O) groups is 1. The smallest absolute Gasteiger partial charge is 0.253 e. The molecule has 142 valence electrons. The minimum atomic E-state index is 0.0839. The van der Waals surface area contributed by atoms with Gasteiger partial charge in [0.15, 0.2) is 5.75 Å². The van der Waals surface area contributed by atoms with E-state index in [0.29, 0.717) is 24.7 Å². The van der Waals surface area contributed by atoms with Gasteiger partial charge >= 0.3 is 0 Å². The summed E-state index contributed by atoms with van der Waals surface area (Å²) in [6, 6.07) is 13.1. The maximum atomic E-state index is 12.7. The predicted molar refractivity (Wildman–Crippen MR) is 105 cm³/mol. The molecule has 2 aromatic heterocycles. The lowest BCUT2D eigenvalue weighted by Gasteiger charge is -2.32. The van der Waals surface area contributed by atoms with E-state index in [4.69, 9.17) is 4.74 Å². The van der Waals surface area contributed by atoms with Crippen molar-refractivity contribution in [3.05, 3.63) is 78.0 Å². The summed E-state index contributed by atoms with van der Waals surface area (Å²) in [4.78, 5) is 27.8. The number of aromatic nitrogens is 3. The lowest BCUT2D eigenvalue weighted by molar-refractivity contribution is 0.0711. The molecule has 3 aromatic rings. The Morgan fingerprint density at radius 1 is 0.964 bits per heavy atom. The van der Waals surface area contributed by atoms with Gasteiger partial charge in [-0.2, -0.15) is 0 Å². The van der Waals surface area contributed by atoms with Gasteiger partial charge in [0, 0.05) is 43.2 Å². The average molecular weight is 374 g/mol. The van der Waals surface area contributed by atoms with Crippen LogP contribution in [0.25, 0.3) is 0 Å². The lowest BCUT2D eigenvalue weighted by Crippen LogP contribution is -2.38. The van der Waals surface area contributed by atoms with Gasteiger partial charge in [0.2, 0.25) is 5.88 Å². The van der Waals surface area contributed by atoms with E-state index in [0.717, 1.165) is 29.8 Å². The van der Waals surface area contributed by atoms with Crippen LogP contribution in [-0.2, 0) is 0 Å². The number of ether oxygens (including phenoxy) is 1. The summed E-state index contributed by atoms with van der Waals surface area (Å²) in [7, 11) is 0. The largest absolute Gasteiger partial charge is 0.435 e. The molecule has 0 spiro atoms. The molecule has 0 atom stereocenters. The number of pyridine rings is 1. The summed E-state index contributed by atoms with van der Waals surface area (Å²) in [6.45, 7) is 3.29. The van der Waals surface area contributed by atoms with E-state index in [-0.39, 0.29) is 11.8 Å². The van der Waals surface area contributed by atoms with Crippen LogP contribution in [0.5, 0.6) is 11.6 Å². The zero-order valence-corrected chi connectivity index (χ0v) is 15.8. The SMILES string of the molecule is Cc1ncccc1Oc1nccnc1C1CCN(C(=O)c2ccccc2)CC1. The normalized spacial score (nSPS) is 14.7. The first-order valence-corrected chi connectivity index (χ1v) is 9.47. The van der Waals surface area contributed by atoms with Gasteiger partial charge in [0.1, 0.15) is 5.69 Å². The van der Waals surface area contributed by atoms with Gasteiger partial charge in [0.25, 0.3) is 5.91 Å². The predicted octanol–water partition coefficient (Wildman–Crippen LogP) is 3.99. The number of rotatable bonds is 4. The molecule has 6 nitrogen and oxygen atoms in total. The second-order valence-corrected chi connectivity index (χ2v) is 6.87. The van der Waals surface area contributed by atoms with Crippen LogP contribution in [0.4, 0.5) is 0 Å². The minimum absolute atomic E-state index is 0.0839.